The molecule has 0 heterocycles. The van der Waals surface area contributed by atoms with Crippen LogP contribution in [0.5, 0.6) is 0 Å². The van der Waals surface area contributed by atoms with E-state index in [1.807, 2.05) is 26.0 Å². The average Bonchev–Trinajstić information content (AvgIpc) is 2.58. The fourth-order valence-electron chi connectivity index (χ4n) is 2.02. The van der Waals surface area contributed by atoms with E-state index >= 15 is 0 Å². The van der Waals surface area contributed by atoms with E-state index < -0.39 is 5.97 Å². The number of rotatable bonds is 7. The average molecular weight is 361 g/mol. The van der Waals surface area contributed by atoms with Gasteiger partial charge < -0.3 is 10.1 Å². The Bertz CT molecular complexity index is 747. The van der Waals surface area contributed by atoms with E-state index in [-0.39, 0.29) is 24.8 Å². The van der Waals surface area contributed by atoms with E-state index in [0.717, 1.165) is 16.0 Å². The zero-order valence-corrected chi connectivity index (χ0v) is 15.0. The molecule has 1 N–H and O–H groups in total. The number of amides is 1. The number of ether oxygens (including phenoxy) is 1. The van der Waals surface area contributed by atoms with Crippen molar-refractivity contribution in [2.75, 3.05) is 17.7 Å². The van der Waals surface area contributed by atoms with Gasteiger partial charge in [-0.2, -0.15) is 0 Å². The Kier molecular flexibility index (Phi) is 7.01. The summed E-state index contributed by atoms with van der Waals surface area (Å²) in [4.78, 5) is 24.4. The molecular formula is C19H20FNO3S. The molecule has 0 aliphatic heterocycles. The normalized spacial score (nSPS) is 10.4. The number of carbonyl (C=O) groups is 2. The maximum absolute atomic E-state index is 12.8. The molecule has 132 valence electrons. The first kappa shape index (κ1) is 19.0. The second-order valence-electron chi connectivity index (χ2n) is 5.56. The number of nitrogens with one attached hydrogen (secondary N) is 1. The summed E-state index contributed by atoms with van der Waals surface area (Å²) in [5, 5.41) is 2.70. The fourth-order valence-corrected chi connectivity index (χ4v) is 2.85. The number of benzene rings is 2. The topological polar surface area (TPSA) is 55.4 Å². The zero-order chi connectivity index (χ0) is 18.2. The van der Waals surface area contributed by atoms with Gasteiger partial charge in [0.05, 0.1) is 6.42 Å². The number of hydrogen-bond donors (Lipinski definition) is 1. The lowest BCUT2D eigenvalue weighted by Gasteiger charge is -2.08. The monoisotopic (exact) mass is 361 g/mol. The third-order valence-corrected chi connectivity index (χ3v) is 4.56. The Morgan fingerprint density at radius 3 is 2.48 bits per heavy atom. The molecule has 0 unspecified atom stereocenters. The van der Waals surface area contributed by atoms with E-state index in [2.05, 4.69) is 5.32 Å². The van der Waals surface area contributed by atoms with E-state index in [1.54, 1.807) is 18.2 Å². The van der Waals surface area contributed by atoms with Crippen LogP contribution in [0.1, 0.15) is 17.5 Å². The third kappa shape index (κ3) is 6.58. The van der Waals surface area contributed by atoms with Crippen LogP contribution >= 0.6 is 11.8 Å². The van der Waals surface area contributed by atoms with Crippen molar-refractivity contribution in [3.05, 3.63) is 59.4 Å². The van der Waals surface area contributed by atoms with Crippen molar-refractivity contribution in [3.63, 3.8) is 0 Å². The zero-order valence-electron chi connectivity index (χ0n) is 14.2. The number of thioether (sulfide) groups is 1. The Balaban J connectivity index is 1.67. The quantitative estimate of drug-likeness (QED) is 0.596. The van der Waals surface area contributed by atoms with Crippen molar-refractivity contribution in [1.29, 1.82) is 0 Å². The van der Waals surface area contributed by atoms with Gasteiger partial charge in [-0.15, -0.1) is 11.8 Å². The number of esters is 1. The molecule has 4 nitrogen and oxygen atoms in total. The first-order valence-electron chi connectivity index (χ1n) is 7.85. The molecule has 2 rings (SSSR count). The molecule has 0 bridgehead atoms. The molecule has 25 heavy (non-hydrogen) atoms. The minimum atomic E-state index is -0.440. The molecule has 0 saturated heterocycles. The van der Waals surface area contributed by atoms with Gasteiger partial charge in [0.15, 0.2) is 6.61 Å². The highest BCUT2D eigenvalue weighted by Gasteiger charge is 2.09. The van der Waals surface area contributed by atoms with Gasteiger partial charge in [0.25, 0.3) is 5.91 Å². The van der Waals surface area contributed by atoms with Crippen LogP contribution in [0.15, 0.2) is 47.4 Å². The van der Waals surface area contributed by atoms with Crippen LogP contribution < -0.4 is 5.32 Å². The minimum Gasteiger partial charge on any atom is -0.456 e. The summed E-state index contributed by atoms with van der Waals surface area (Å²) in [5.74, 6) is -0.602. The molecule has 0 aromatic heterocycles. The molecule has 2 aromatic carbocycles. The highest BCUT2D eigenvalue weighted by Crippen LogP contribution is 2.19. The predicted octanol–water partition coefficient (Wildman–Crippen LogP) is 4.11. The second-order valence-corrected chi connectivity index (χ2v) is 6.73. The lowest BCUT2D eigenvalue weighted by Crippen LogP contribution is -2.21. The van der Waals surface area contributed by atoms with Gasteiger partial charge in [-0.1, -0.05) is 6.07 Å². The van der Waals surface area contributed by atoms with Crippen molar-refractivity contribution in [2.45, 2.75) is 25.2 Å². The summed E-state index contributed by atoms with van der Waals surface area (Å²) in [7, 11) is 0. The summed E-state index contributed by atoms with van der Waals surface area (Å²) in [5.41, 5.74) is 2.90. The van der Waals surface area contributed by atoms with E-state index in [9.17, 15) is 14.0 Å². The maximum Gasteiger partial charge on any atom is 0.307 e. The van der Waals surface area contributed by atoms with E-state index in [4.69, 9.17) is 4.74 Å². The van der Waals surface area contributed by atoms with E-state index in [1.165, 1.54) is 23.9 Å². The molecule has 0 aliphatic carbocycles. The number of anilines is 1. The van der Waals surface area contributed by atoms with Crippen LogP contribution in [0.4, 0.5) is 10.1 Å². The largest absolute Gasteiger partial charge is 0.456 e. The van der Waals surface area contributed by atoms with Gasteiger partial charge in [-0.25, -0.2) is 4.39 Å². The molecule has 2 aromatic rings. The van der Waals surface area contributed by atoms with Gasteiger partial charge in [-0.3, -0.25) is 9.59 Å². The summed E-state index contributed by atoms with van der Waals surface area (Å²) in [6.45, 7) is 3.64. The van der Waals surface area contributed by atoms with Crippen LogP contribution in [0.3, 0.4) is 0 Å². The van der Waals surface area contributed by atoms with E-state index in [0.29, 0.717) is 11.4 Å². The SMILES string of the molecule is Cc1ccc(NC(=O)COC(=O)CCSc2ccc(F)cc2)cc1C. The van der Waals surface area contributed by atoms with Crippen molar-refractivity contribution in [1.82, 2.24) is 0 Å². The van der Waals surface area contributed by atoms with Crippen molar-refractivity contribution < 1.29 is 18.7 Å². The number of halogens is 1. The van der Waals surface area contributed by atoms with Gasteiger partial charge in [0.1, 0.15) is 5.82 Å². The van der Waals surface area contributed by atoms with Crippen molar-refractivity contribution >= 4 is 29.3 Å². The summed E-state index contributed by atoms with van der Waals surface area (Å²) in [6, 6.07) is 11.7. The van der Waals surface area contributed by atoms with Gasteiger partial charge in [-0.05, 0) is 61.4 Å². The molecule has 0 aliphatic rings. The molecule has 0 atom stereocenters. The predicted molar refractivity (Wildman–Crippen MR) is 97.2 cm³/mol. The van der Waals surface area contributed by atoms with Gasteiger partial charge in [0.2, 0.25) is 0 Å². The summed E-state index contributed by atoms with van der Waals surface area (Å²) < 4.78 is 17.8. The Hall–Kier alpha value is -2.34. The molecule has 1 amide bonds. The smallest absolute Gasteiger partial charge is 0.307 e. The highest BCUT2D eigenvalue weighted by atomic mass is 32.2. The van der Waals surface area contributed by atoms with Gasteiger partial charge in [0, 0.05) is 16.3 Å². The fraction of sp³-hybridized carbons (Fsp3) is 0.263. The minimum absolute atomic E-state index is 0.180. The molecular weight excluding hydrogens is 341 g/mol. The maximum atomic E-state index is 12.8. The Labute approximate surface area is 150 Å². The number of carbonyl (C=O) groups excluding carboxylic acids is 2. The van der Waals surface area contributed by atoms with Crippen LogP contribution in [-0.2, 0) is 14.3 Å². The second kappa shape index (κ2) is 9.22. The standard InChI is InChI=1S/C19H20FNO3S/c1-13-3-6-16(11-14(13)2)21-18(22)12-24-19(23)9-10-25-17-7-4-15(20)5-8-17/h3-8,11H,9-10,12H2,1-2H3,(H,21,22). The molecule has 0 radical (unpaired) electrons. The Morgan fingerprint density at radius 1 is 1.08 bits per heavy atom. The number of aryl methyl sites for hydroxylation is 2. The first-order chi connectivity index (χ1) is 11.9. The summed E-state index contributed by atoms with van der Waals surface area (Å²) >= 11 is 1.43. The molecule has 6 heteroatoms. The van der Waals surface area contributed by atoms with Crippen LogP contribution in [0.2, 0.25) is 0 Å². The molecule has 0 spiro atoms. The molecule has 0 fully saturated rings. The first-order valence-corrected chi connectivity index (χ1v) is 8.83. The lowest BCUT2D eigenvalue weighted by molar-refractivity contribution is -0.146. The third-order valence-electron chi connectivity index (χ3n) is 3.54. The number of hydrogen-bond acceptors (Lipinski definition) is 4. The highest BCUT2D eigenvalue weighted by molar-refractivity contribution is 7.99. The van der Waals surface area contributed by atoms with Crippen molar-refractivity contribution in [2.24, 2.45) is 0 Å². The van der Waals surface area contributed by atoms with Crippen LogP contribution in [0, 0.1) is 19.7 Å². The van der Waals surface area contributed by atoms with Crippen LogP contribution in [-0.4, -0.2) is 24.2 Å². The Morgan fingerprint density at radius 2 is 1.80 bits per heavy atom. The van der Waals surface area contributed by atoms with Gasteiger partial charge >= 0.3 is 5.97 Å². The van der Waals surface area contributed by atoms with Crippen molar-refractivity contribution in [3.8, 4) is 0 Å². The lowest BCUT2D eigenvalue weighted by atomic mass is 10.1. The molecule has 0 saturated carbocycles. The van der Waals surface area contributed by atoms with Crippen LogP contribution in [0.25, 0.3) is 0 Å². The summed E-state index contributed by atoms with van der Waals surface area (Å²) in [6.07, 6.45) is 0.180.